The number of oxime groups is 1. The molecule has 5 heteroatoms. The zero-order valence-electron chi connectivity index (χ0n) is 9.75. The minimum atomic E-state index is -0.340. The summed E-state index contributed by atoms with van der Waals surface area (Å²) in [5.74, 6) is 0.0143. The molecular weight excluding hydrogens is 247 g/mol. The lowest BCUT2D eigenvalue weighted by atomic mass is 10.2. The molecule has 0 fully saturated rings. The molecule has 0 saturated heterocycles. The van der Waals surface area contributed by atoms with E-state index in [-0.39, 0.29) is 5.82 Å². The number of oxazole rings is 1. The molecule has 0 amide bonds. The number of rotatable bonds is 2. The molecule has 2 aromatic carbocycles. The third-order valence-corrected chi connectivity index (χ3v) is 2.69. The van der Waals surface area contributed by atoms with Crippen molar-refractivity contribution < 1.29 is 14.0 Å². The van der Waals surface area contributed by atoms with Gasteiger partial charge in [-0.25, -0.2) is 9.37 Å². The first-order valence-electron chi connectivity index (χ1n) is 5.60. The molecule has 94 valence electrons. The molecule has 0 aliphatic heterocycles. The zero-order valence-corrected chi connectivity index (χ0v) is 9.75. The summed E-state index contributed by atoms with van der Waals surface area (Å²) in [6.45, 7) is 0. The van der Waals surface area contributed by atoms with Crippen LogP contribution >= 0.6 is 0 Å². The first-order valence-corrected chi connectivity index (χ1v) is 5.60. The predicted octanol–water partition coefficient (Wildman–Crippen LogP) is 3.44. The average Bonchev–Trinajstić information content (AvgIpc) is 2.82. The highest BCUT2D eigenvalue weighted by Crippen LogP contribution is 2.25. The largest absolute Gasteiger partial charge is 0.436 e. The Morgan fingerprint density at radius 3 is 2.89 bits per heavy atom. The van der Waals surface area contributed by atoms with E-state index in [9.17, 15) is 4.39 Å². The summed E-state index contributed by atoms with van der Waals surface area (Å²) in [6, 6.07) is 11.2. The molecule has 0 saturated carbocycles. The standard InChI is InChI=1S/C14H9FN2O2/c15-11-3-1-2-10(7-11)14-17-12-6-9(8-16-18)4-5-13(12)19-14/h1-8,18H/b16-8+. The summed E-state index contributed by atoms with van der Waals surface area (Å²) in [4.78, 5) is 4.29. The van der Waals surface area contributed by atoms with Crippen LogP contribution in [0.4, 0.5) is 4.39 Å². The average molecular weight is 256 g/mol. The third-order valence-electron chi connectivity index (χ3n) is 2.69. The predicted molar refractivity (Wildman–Crippen MR) is 68.8 cm³/mol. The van der Waals surface area contributed by atoms with Gasteiger partial charge in [-0.1, -0.05) is 11.2 Å². The fourth-order valence-electron chi connectivity index (χ4n) is 1.84. The molecule has 4 nitrogen and oxygen atoms in total. The Bertz CT molecular complexity index is 765. The molecule has 19 heavy (non-hydrogen) atoms. The van der Waals surface area contributed by atoms with E-state index >= 15 is 0 Å². The molecule has 3 rings (SSSR count). The molecule has 0 bridgehead atoms. The molecule has 0 unspecified atom stereocenters. The van der Waals surface area contributed by atoms with Crippen molar-refractivity contribution in [2.24, 2.45) is 5.16 Å². The van der Waals surface area contributed by atoms with E-state index < -0.39 is 0 Å². The van der Waals surface area contributed by atoms with Gasteiger partial charge in [0.15, 0.2) is 5.58 Å². The zero-order chi connectivity index (χ0) is 13.2. The third kappa shape index (κ3) is 2.18. The first kappa shape index (κ1) is 11.4. The lowest BCUT2D eigenvalue weighted by Crippen LogP contribution is -1.80. The van der Waals surface area contributed by atoms with E-state index in [0.29, 0.717) is 28.1 Å². The van der Waals surface area contributed by atoms with Gasteiger partial charge >= 0.3 is 0 Å². The number of hydrogen-bond donors (Lipinski definition) is 1. The minimum absolute atomic E-state index is 0.340. The Labute approximate surface area is 107 Å². The maximum absolute atomic E-state index is 13.2. The van der Waals surface area contributed by atoms with Crippen LogP contribution in [0.1, 0.15) is 5.56 Å². The van der Waals surface area contributed by atoms with E-state index in [1.54, 1.807) is 30.3 Å². The van der Waals surface area contributed by atoms with Gasteiger partial charge in [0, 0.05) is 5.56 Å². The molecule has 3 aromatic rings. The Morgan fingerprint density at radius 2 is 2.11 bits per heavy atom. The summed E-state index contributed by atoms with van der Waals surface area (Å²) in [7, 11) is 0. The van der Waals surface area contributed by atoms with Crippen LogP contribution in [0.2, 0.25) is 0 Å². The molecule has 0 radical (unpaired) electrons. The lowest BCUT2D eigenvalue weighted by molar-refractivity contribution is 0.322. The summed E-state index contributed by atoms with van der Waals surface area (Å²) >= 11 is 0. The topological polar surface area (TPSA) is 58.6 Å². The maximum Gasteiger partial charge on any atom is 0.227 e. The molecule has 0 aliphatic rings. The molecule has 1 N–H and O–H groups in total. The SMILES string of the molecule is O/N=C/c1ccc2oc(-c3cccc(F)c3)nc2c1. The van der Waals surface area contributed by atoms with Gasteiger partial charge in [0.2, 0.25) is 5.89 Å². The van der Waals surface area contributed by atoms with Gasteiger partial charge in [0.1, 0.15) is 11.3 Å². The Hall–Kier alpha value is -2.69. The van der Waals surface area contributed by atoms with Gasteiger partial charge in [-0.15, -0.1) is 0 Å². The highest BCUT2D eigenvalue weighted by molar-refractivity contribution is 5.86. The van der Waals surface area contributed by atoms with Crippen LogP contribution in [0.5, 0.6) is 0 Å². The fraction of sp³-hybridized carbons (Fsp3) is 0. The van der Waals surface area contributed by atoms with Gasteiger partial charge < -0.3 is 9.62 Å². The van der Waals surface area contributed by atoms with Crippen LogP contribution in [0.3, 0.4) is 0 Å². The number of hydrogen-bond acceptors (Lipinski definition) is 4. The van der Waals surface area contributed by atoms with Crippen molar-refractivity contribution in [3.05, 3.63) is 53.8 Å². The van der Waals surface area contributed by atoms with Crippen LogP contribution < -0.4 is 0 Å². The second-order valence-corrected chi connectivity index (χ2v) is 4.00. The second kappa shape index (κ2) is 4.53. The highest BCUT2D eigenvalue weighted by atomic mass is 19.1. The van der Waals surface area contributed by atoms with Crippen LogP contribution in [0.25, 0.3) is 22.6 Å². The highest BCUT2D eigenvalue weighted by Gasteiger charge is 2.09. The monoisotopic (exact) mass is 256 g/mol. The van der Waals surface area contributed by atoms with Gasteiger partial charge in [-0.2, -0.15) is 0 Å². The van der Waals surface area contributed by atoms with Gasteiger partial charge in [0.05, 0.1) is 6.21 Å². The molecular formula is C14H9FN2O2. The number of nitrogens with zero attached hydrogens (tertiary/aromatic N) is 2. The number of benzene rings is 2. The quantitative estimate of drug-likeness (QED) is 0.434. The molecule has 0 aliphatic carbocycles. The van der Waals surface area contributed by atoms with Crippen molar-refractivity contribution in [2.45, 2.75) is 0 Å². The van der Waals surface area contributed by atoms with E-state index in [2.05, 4.69) is 10.1 Å². The van der Waals surface area contributed by atoms with Gasteiger partial charge in [-0.3, -0.25) is 0 Å². The van der Waals surface area contributed by atoms with Crippen LogP contribution in [-0.2, 0) is 0 Å². The Morgan fingerprint density at radius 1 is 1.21 bits per heavy atom. The Kier molecular flexibility index (Phi) is 2.72. The first-order chi connectivity index (χ1) is 9.26. The summed E-state index contributed by atoms with van der Waals surface area (Å²) in [6.07, 6.45) is 1.30. The minimum Gasteiger partial charge on any atom is -0.436 e. The van der Waals surface area contributed by atoms with Crippen molar-refractivity contribution in [3.63, 3.8) is 0 Å². The van der Waals surface area contributed by atoms with Crippen molar-refractivity contribution in [1.82, 2.24) is 4.98 Å². The van der Waals surface area contributed by atoms with Crippen molar-refractivity contribution >= 4 is 17.3 Å². The smallest absolute Gasteiger partial charge is 0.227 e. The van der Waals surface area contributed by atoms with E-state index in [0.717, 1.165) is 0 Å². The molecule has 1 heterocycles. The second-order valence-electron chi connectivity index (χ2n) is 4.00. The van der Waals surface area contributed by atoms with E-state index in [4.69, 9.17) is 9.62 Å². The summed E-state index contributed by atoms with van der Waals surface area (Å²) < 4.78 is 18.7. The van der Waals surface area contributed by atoms with Crippen LogP contribution in [-0.4, -0.2) is 16.4 Å². The Balaban J connectivity index is 2.11. The van der Waals surface area contributed by atoms with Gasteiger partial charge in [-0.05, 0) is 42.0 Å². The van der Waals surface area contributed by atoms with Crippen molar-refractivity contribution in [3.8, 4) is 11.5 Å². The van der Waals surface area contributed by atoms with Crippen LogP contribution in [0.15, 0.2) is 52.0 Å². The van der Waals surface area contributed by atoms with E-state index in [1.165, 1.54) is 18.3 Å². The maximum atomic E-state index is 13.2. The summed E-state index contributed by atoms with van der Waals surface area (Å²) in [5, 5.41) is 11.4. The lowest BCUT2D eigenvalue weighted by Gasteiger charge is -1.93. The summed E-state index contributed by atoms with van der Waals surface area (Å²) in [5.41, 5.74) is 2.49. The number of aromatic nitrogens is 1. The number of fused-ring (bicyclic) bond motifs is 1. The molecule has 1 aromatic heterocycles. The molecule has 0 atom stereocenters. The normalized spacial score (nSPS) is 11.4. The van der Waals surface area contributed by atoms with Crippen molar-refractivity contribution in [1.29, 1.82) is 0 Å². The van der Waals surface area contributed by atoms with Crippen LogP contribution in [0, 0.1) is 5.82 Å². The fourth-order valence-corrected chi connectivity index (χ4v) is 1.84. The molecule has 0 spiro atoms. The van der Waals surface area contributed by atoms with Gasteiger partial charge in [0.25, 0.3) is 0 Å². The van der Waals surface area contributed by atoms with Crippen molar-refractivity contribution in [2.75, 3.05) is 0 Å². The number of halogens is 1. The van der Waals surface area contributed by atoms with E-state index in [1.807, 2.05) is 0 Å².